The van der Waals surface area contributed by atoms with Crippen LogP contribution in [0.2, 0.25) is 0 Å². The van der Waals surface area contributed by atoms with E-state index in [1.165, 1.54) is 27.6 Å². The molecule has 3 aromatic rings. The fourth-order valence-electron chi connectivity index (χ4n) is 4.34. The van der Waals surface area contributed by atoms with Gasteiger partial charge in [-0.1, -0.05) is 12.1 Å². The Morgan fingerprint density at radius 1 is 1.00 bits per heavy atom. The number of carbonyl (C=O) groups excluding carboxylic acids is 1. The van der Waals surface area contributed by atoms with Gasteiger partial charge >= 0.3 is 0 Å². The summed E-state index contributed by atoms with van der Waals surface area (Å²) in [4.78, 5) is 30.0. The van der Waals surface area contributed by atoms with Crippen molar-refractivity contribution >= 4 is 11.6 Å². The molecule has 1 aliphatic heterocycles. The molecule has 1 aromatic heterocycles. The van der Waals surface area contributed by atoms with Crippen LogP contribution in [0.1, 0.15) is 31.0 Å². The van der Waals surface area contributed by atoms with Crippen LogP contribution in [-0.4, -0.2) is 53.4 Å². The smallest absolute Gasteiger partial charge is 0.267 e. The van der Waals surface area contributed by atoms with Crippen LogP contribution >= 0.6 is 0 Å². The molecule has 2 aromatic carbocycles. The first kappa shape index (κ1) is 23.5. The summed E-state index contributed by atoms with van der Waals surface area (Å²) in [6.07, 6.45) is 0. The number of hydrogen-bond donors (Lipinski definition) is 0. The Morgan fingerprint density at radius 3 is 2.38 bits per heavy atom. The van der Waals surface area contributed by atoms with Gasteiger partial charge in [-0.15, -0.1) is 0 Å². The molecule has 7 heteroatoms. The predicted octanol–water partition coefficient (Wildman–Crippen LogP) is 3.84. The van der Waals surface area contributed by atoms with Crippen LogP contribution in [0.25, 0.3) is 11.3 Å². The molecule has 34 heavy (non-hydrogen) atoms. The van der Waals surface area contributed by atoms with E-state index in [0.29, 0.717) is 25.4 Å². The highest BCUT2D eigenvalue weighted by atomic mass is 16.5. The number of amides is 1. The van der Waals surface area contributed by atoms with Crippen LogP contribution in [0.15, 0.2) is 59.4 Å². The van der Waals surface area contributed by atoms with Crippen molar-refractivity contribution < 1.29 is 9.53 Å². The summed E-state index contributed by atoms with van der Waals surface area (Å²) in [6, 6.07) is 16.5. The monoisotopic (exact) mass is 460 g/mol. The van der Waals surface area contributed by atoms with E-state index in [1.54, 1.807) is 13.0 Å². The maximum absolute atomic E-state index is 13.3. The van der Waals surface area contributed by atoms with Crippen LogP contribution in [0, 0.1) is 13.8 Å². The molecule has 1 amide bonds. The summed E-state index contributed by atoms with van der Waals surface area (Å²) in [7, 11) is 0. The summed E-state index contributed by atoms with van der Waals surface area (Å²) in [5, 5.41) is 4.52. The molecule has 1 fully saturated rings. The highest BCUT2D eigenvalue weighted by molar-refractivity contribution is 5.80. The van der Waals surface area contributed by atoms with Crippen molar-refractivity contribution in [2.24, 2.45) is 0 Å². The Labute approximate surface area is 200 Å². The third-order valence-corrected chi connectivity index (χ3v) is 6.31. The van der Waals surface area contributed by atoms with Crippen molar-refractivity contribution in [2.45, 2.75) is 33.7 Å². The standard InChI is InChI=1S/C27H32N4O3/c1-5-34-23-10-8-22(9-11-23)24-12-13-26(32)31(28-24)21(4)27(33)30-16-14-29(15-17-30)25-18-19(2)6-7-20(25)3/h6-13,18,21H,5,14-17H2,1-4H3. The molecule has 0 saturated carbocycles. The van der Waals surface area contributed by atoms with E-state index in [4.69, 9.17) is 4.74 Å². The molecular weight excluding hydrogens is 428 g/mol. The van der Waals surface area contributed by atoms with E-state index in [2.05, 4.69) is 42.0 Å². The van der Waals surface area contributed by atoms with Gasteiger partial charge in [0, 0.05) is 43.5 Å². The molecule has 4 rings (SSSR count). The minimum absolute atomic E-state index is 0.0842. The Kier molecular flexibility index (Phi) is 7.01. The van der Waals surface area contributed by atoms with Crippen LogP contribution in [0.3, 0.4) is 0 Å². The largest absolute Gasteiger partial charge is 0.494 e. The van der Waals surface area contributed by atoms with E-state index in [1.807, 2.05) is 36.1 Å². The number of rotatable bonds is 6. The van der Waals surface area contributed by atoms with Crippen LogP contribution in [-0.2, 0) is 4.79 Å². The second-order valence-electron chi connectivity index (χ2n) is 8.74. The zero-order valence-electron chi connectivity index (χ0n) is 20.3. The summed E-state index contributed by atoms with van der Waals surface area (Å²) in [5.74, 6) is 0.696. The molecule has 1 aliphatic rings. The van der Waals surface area contributed by atoms with Crippen molar-refractivity contribution in [3.63, 3.8) is 0 Å². The number of aryl methyl sites for hydroxylation is 2. The maximum Gasteiger partial charge on any atom is 0.267 e. The first-order chi connectivity index (χ1) is 16.4. The SMILES string of the molecule is CCOc1ccc(-c2ccc(=O)n(C(C)C(=O)N3CCN(c4cc(C)ccc4C)CC3)n2)cc1. The van der Waals surface area contributed by atoms with Gasteiger partial charge in [0.25, 0.3) is 5.56 Å². The average Bonchev–Trinajstić information content (AvgIpc) is 2.86. The van der Waals surface area contributed by atoms with Gasteiger partial charge in [0.15, 0.2) is 0 Å². The summed E-state index contributed by atoms with van der Waals surface area (Å²) < 4.78 is 6.79. The molecule has 0 spiro atoms. The molecule has 0 aliphatic carbocycles. The highest BCUT2D eigenvalue weighted by Gasteiger charge is 2.27. The topological polar surface area (TPSA) is 67.7 Å². The normalized spacial score (nSPS) is 14.7. The van der Waals surface area contributed by atoms with Gasteiger partial charge in [-0.3, -0.25) is 9.59 Å². The number of piperazine rings is 1. The molecule has 1 saturated heterocycles. The van der Waals surface area contributed by atoms with Crippen LogP contribution < -0.4 is 15.2 Å². The van der Waals surface area contributed by atoms with Crippen molar-refractivity contribution in [1.82, 2.24) is 14.7 Å². The number of aromatic nitrogens is 2. The van der Waals surface area contributed by atoms with E-state index in [9.17, 15) is 9.59 Å². The lowest BCUT2D eigenvalue weighted by Gasteiger charge is -2.38. The number of anilines is 1. The number of benzene rings is 2. The first-order valence-electron chi connectivity index (χ1n) is 11.8. The lowest BCUT2D eigenvalue weighted by atomic mass is 10.1. The Bertz CT molecular complexity index is 1210. The van der Waals surface area contributed by atoms with E-state index < -0.39 is 6.04 Å². The molecule has 1 atom stereocenters. The Morgan fingerprint density at radius 2 is 1.71 bits per heavy atom. The van der Waals surface area contributed by atoms with Crippen molar-refractivity contribution in [1.29, 1.82) is 0 Å². The average molecular weight is 461 g/mol. The van der Waals surface area contributed by atoms with Crippen molar-refractivity contribution in [2.75, 3.05) is 37.7 Å². The van der Waals surface area contributed by atoms with Crippen LogP contribution in [0.4, 0.5) is 5.69 Å². The second kappa shape index (κ2) is 10.1. The van der Waals surface area contributed by atoms with Crippen LogP contribution in [0.5, 0.6) is 5.75 Å². The van der Waals surface area contributed by atoms with Gasteiger partial charge in [0.05, 0.1) is 12.3 Å². The number of carbonyl (C=O) groups is 1. The number of ether oxygens (including phenoxy) is 1. The second-order valence-corrected chi connectivity index (χ2v) is 8.74. The van der Waals surface area contributed by atoms with E-state index >= 15 is 0 Å². The number of nitrogens with zero attached hydrogens (tertiary/aromatic N) is 4. The highest BCUT2D eigenvalue weighted by Crippen LogP contribution is 2.24. The van der Waals surface area contributed by atoms with Gasteiger partial charge < -0.3 is 14.5 Å². The molecule has 0 N–H and O–H groups in total. The first-order valence-corrected chi connectivity index (χ1v) is 11.8. The quantitative estimate of drug-likeness (QED) is 0.559. The Hall–Kier alpha value is -3.61. The van der Waals surface area contributed by atoms with Gasteiger partial charge in [0.1, 0.15) is 11.8 Å². The minimum Gasteiger partial charge on any atom is -0.494 e. The molecule has 7 nitrogen and oxygen atoms in total. The zero-order valence-corrected chi connectivity index (χ0v) is 20.3. The van der Waals surface area contributed by atoms with Gasteiger partial charge in [-0.25, -0.2) is 4.68 Å². The summed E-state index contributed by atoms with van der Waals surface area (Å²) in [5.41, 5.74) is 4.90. The third-order valence-electron chi connectivity index (χ3n) is 6.31. The van der Waals surface area contributed by atoms with E-state index in [-0.39, 0.29) is 11.5 Å². The lowest BCUT2D eigenvalue weighted by Crippen LogP contribution is -2.51. The molecule has 2 heterocycles. The van der Waals surface area contributed by atoms with Crippen molar-refractivity contribution in [3.05, 3.63) is 76.1 Å². The molecule has 0 radical (unpaired) electrons. The van der Waals surface area contributed by atoms with Crippen molar-refractivity contribution in [3.8, 4) is 17.0 Å². The fourth-order valence-corrected chi connectivity index (χ4v) is 4.34. The molecular formula is C27H32N4O3. The maximum atomic E-state index is 13.3. The lowest BCUT2D eigenvalue weighted by molar-refractivity contribution is -0.135. The molecule has 0 bridgehead atoms. The minimum atomic E-state index is -0.678. The predicted molar refractivity (Wildman–Crippen MR) is 135 cm³/mol. The summed E-state index contributed by atoms with van der Waals surface area (Å²) >= 11 is 0. The molecule has 178 valence electrons. The third kappa shape index (κ3) is 4.98. The number of hydrogen-bond acceptors (Lipinski definition) is 5. The van der Waals surface area contributed by atoms with E-state index in [0.717, 1.165) is 24.4 Å². The van der Waals surface area contributed by atoms with Gasteiger partial charge in [-0.2, -0.15) is 5.10 Å². The zero-order chi connectivity index (χ0) is 24.2. The summed E-state index contributed by atoms with van der Waals surface area (Å²) in [6.45, 7) is 11.2. The fraction of sp³-hybridized carbons (Fsp3) is 0.370. The molecule has 1 unspecified atom stereocenters. The van der Waals surface area contributed by atoms with Gasteiger partial charge in [-0.05, 0) is 75.2 Å². The van der Waals surface area contributed by atoms with Gasteiger partial charge in [0.2, 0.25) is 5.91 Å². The Balaban J connectivity index is 1.47.